The molecule has 3 nitrogen and oxygen atoms in total. The number of hydrogen-bond donors (Lipinski definition) is 2. The van der Waals surface area contributed by atoms with Gasteiger partial charge in [-0.05, 0) is 25.6 Å². The summed E-state index contributed by atoms with van der Waals surface area (Å²) in [6, 6.07) is 4.43. The Bertz CT molecular complexity index is 505. The number of aromatic amines is 1. The standard InChI is InChI=1S/C11H13F2N3/c1-7-15-9-3-2-8(6-10(9)16-7)11(12,13)4-5-14/h2-3,6H,4-5,14H2,1H3,(H,15,16). The lowest BCUT2D eigenvalue weighted by Crippen LogP contribution is -2.18. The number of nitrogens with zero attached hydrogens (tertiary/aromatic N) is 1. The van der Waals surface area contributed by atoms with Crippen LogP contribution in [-0.2, 0) is 5.92 Å². The van der Waals surface area contributed by atoms with Crippen LogP contribution in [0.5, 0.6) is 0 Å². The van der Waals surface area contributed by atoms with Crippen LogP contribution in [0.25, 0.3) is 11.0 Å². The van der Waals surface area contributed by atoms with Crippen LogP contribution in [0.4, 0.5) is 8.78 Å². The Labute approximate surface area is 91.7 Å². The van der Waals surface area contributed by atoms with Crippen LogP contribution in [0.15, 0.2) is 18.2 Å². The van der Waals surface area contributed by atoms with E-state index in [4.69, 9.17) is 5.73 Å². The van der Waals surface area contributed by atoms with Crippen LogP contribution in [0.3, 0.4) is 0 Å². The lowest BCUT2D eigenvalue weighted by molar-refractivity contribution is -0.0106. The van der Waals surface area contributed by atoms with E-state index >= 15 is 0 Å². The van der Waals surface area contributed by atoms with Gasteiger partial charge in [0.2, 0.25) is 0 Å². The van der Waals surface area contributed by atoms with Gasteiger partial charge in [-0.15, -0.1) is 0 Å². The molecule has 0 amide bonds. The van der Waals surface area contributed by atoms with Crippen molar-refractivity contribution in [3.63, 3.8) is 0 Å². The fourth-order valence-corrected chi connectivity index (χ4v) is 1.69. The SMILES string of the molecule is Cc1nc2ccc(C(F)(F)CCN)cc2[nH]1. The molecule has 1 aromatic heterocycles. The average Bonchev–Trinajstić information content (AvgIpc) is 2.56. The van der Waals surface area contributed by atoms with Crippen molar-refractivity contribution in [2.24, 2.45) is 5.73 Å². The zero-order valence-corrected chi connectivity index (χ0v) is 8.93. The molecule has 0 saturated carbocycles. The monoisotopic (exact) mass is 225 g/mol. The molecule has 1 aromatic carbocycles. The number of nitrogens with two attached hydrogens (primary N) is 1. The first kappa shape index (κ1) is 11.0. The lowest BCUT2D eigenvalue weighted by Gasteiger charge is -2.15. The van der Waals surface area contributed by atoms with Crippen LogP contribution in [0, 0.1) is 6.92 Å². The molecule has 2 rings (SSSR count). The van der Waals surface area contributed by atoms with Gasteiger partial charge in [0.1, 0.15) is 5.82 Å². The van der Waals surface area contributed by atoms with Crippen LogP contribution in [-0.4, -0.2) is 16.5 Å². The fraction of sp³-hybridized carbons (Fsp3) is 0.364. The third-order valence-electron chi connectivity index (χ3n) is 2.48. The highest BCUT2D eigenvalue weighted by atomic mass is 19.3. The number of benzene rings is 1. The van der Waals surface area contributed by atoms with Gasteiger partial charge in [0, 0.05) is 12.0 Å². The molecule has 0 unspecified atom stereocenters. The van der Waals surface area contributed by atoms with Crippen molar-refractivity contribution in [2.75, 3.05) is 6.54 Å². The molecule has 1 heterocycles. The number of rotatable bonds is 3. The Balaban J connectivity index is 2.45. The second-order valence-corrected chi connectivity index (χ2v) is 3.80. The summed E-state index contributed by atoms with van der Waals surface area (Å²) >= 11 is 0. The summed E-state index contributed by atoms with van der Waals surface area (Å²) in [5.41, 5.74) is 6.48. The van der Waals surface area contributed by atoms with Crippen LogP contribution in [0.2, 0.25) is 0 Å². The predicted octanol–water partition coefficient (Wildman–Crippen LogP) is 2.31. The minimum atomic E-state index is -2.87. The van der Waals surface area contributed by atoms with Crippen molar-refractivity contribution in [3.05, 3.63) is 29.6 Å². The van der Waals surface area contributed by atoms with Gasteiger partial charge in [-0.25, -0.2) is 13.8 Å². The number of nitrogens with one attached hydrogen (secondary N) is 1. The molecule has 3 N–H and O–H groups in total. The van der Waals surface area contributed by atoms with Gasteiger partial charge >= 0.3 is 0 Å². The Kier molecular flexibility index (Phi) is 2.63. The zero-order chi connectivity index (χ0) is 11.8. The number of aromatic nitrogens is 2. The van der Waals surface area contributed by atoms with Crippen molar-refractivity contribution in [2.45, 2.75) is 19.3 Å². The van der Waals surface area contributed by atoms with Gasteiger partial charge in [-0.3, -0.25) is 0 Å². The minimum Gasteiger partial charge on any atom is -0.342 e. The molecule has 2 aromatic rings. The Morgan fingerprint density at radius 3 is 2.88 bits per heavy atom. The van der Waals surface area contributed by atoms with Gasteiger partial charge in [-0.2, -0.15) is 0 Å². The van der Waals surface area contributed by atoms with E-state index < -0.39 is 5.92 Å². The largest absolute Gasteiger partial charge is 0.342 e. The van der Waals surface area contributed by atoms with Crippen molar-refractivity contribution in [1.82, 2.24) is 9.97 Å². The summed E-state index contributed by atoms with van der Waals surface area (Å²) in [5, 5.41) is 0. The summed E-state index contributed by atoms with van der Waals surface area (Å²) in [5.74, 6) is -2.16. The van der Waals surface area contributed by atoms with E-state index in [0.29, 0.717) is 16.9 Å². The molecule has 0 bridgehead atoms. The molecule has 0 aliphatic carbocycles. The number of fused-ring (bicyclic) bond motifs is 1. The van der Waals surface area contributed by atoms with Crippen LogP contribution >= 0.6 is 0 Å². The normalized spacial score (nSPS) is 12.2. The molecule has 0 atom stereocenters. The molecular formula is C11H13F2N3. The van der Waals surface area contributed by atoms with E-state index in [2.05, 4.69) is 9.97 Å². The second kappa shape index (κ2) is 3.83. The Morgan fingerprint density at radius 2 is 2.19 bits per heavy atom. The van der Waals surface area contributed by atoms with Crippen LogP contribution < -0.4 is 5.73 Å². The molecule has 0 spiro atoms. The highest BCUT2D eigenvalue weighted by molar-refractivity contribution is 5.76. The third kappa shape index (κ3) is 1.90. The van der Waals surface area contributed by atoms with Gasteiger partial charge in [0.05, 0.1) is 11.0 Å². The summed E-state index contributed by atoms with van der Waals surface area (Å²) in [7, 11) is 0. The highest BCUT2D eigenvalue weighted by Crippen LogP contribution is 2.32. The first-order chi connectivity index (χ1) is 7.53. The zero-order valence-electron chi connectivity index (χ0n) is 8.93. The quantitative estimate of drug-likeness (QED) is 0.842. The summed E-state index contributed by atoms with van der Waals surface area (Å²) < 4.78 is 27.2. The van der Waals surface area contributed by atoms with Crippen molar-refractivity contribution in [3.8, 4) is 0 Å². The molecule has 0 saturated heterocycles. The first-order valence-electron chi connectivity index (χ1n) is 5.08. The number of hydrogen-bond acceptors (Lipinski definition) is 2. The predicted molar refractivity (Wildman–Crippen MR) is 58.4 cm³/mol. The lowest BCUT2D eigenvalue weighted by atomic mass is 10.1. The number of H-pyrrole nitrogens is 1. The van der Waals surface area contributed by atoms with E-state index in [1.165, 1.54) is 12.1 Å². The molecule has 0 aliphatic heterocycles. The van der Waals surface area contributed by atoms with Gasteiger partial charge in [0.15, 0.2) is 0 Å². The molecule has 0 aliphatic rings. The molecule has 0 fully saturated rings. The fourth-order valence-electron chi connectivity index (χ4n) is 1.69. The maximum absolute atomic E-state index is 13.6. The number of halogens is 2. The van der Waals surface area contributed by atoms with Crippen molar-refractivity contribution < 1.29 is 8.78 Å². The first-order valence-corrected chi connectivity index (χ1v) is 5.08. The van der Waals surface area contributed by atoms with E-state index in [1.807, 2.05) is 0 Å². The summed E-state index contributed by atoms with van der Waals surface area (Å²) in [4.78, 5) is 7.09. The molecule has 5 heteroatoms. The van der Waals surface area contributed by atoms with Gasteiger partial charge < -0.3 is 10.7 Å². The summed E-state index contributed by atoms with van der Waals surface area (Å²) in [6.07, 6.45) is -0.342. The van der Waals surface area contributed by atoms with Gasteiger partial charge in [-0.1, -0.05) is 6.07 Å². The van der Waals surface area contributed by atoms with E-state index in [9.17, 15) is 8.78 Å². The minimum absolute atomic E-state index is 0.0194. The maximum Gasteiger partial charge on any atom is 0.274 e. The van der Waals surface area contributed by atoms with E-state index in [-0.39, 0.29) is 18.5 Å². The summed E-state index contributed by atoms with van der Waals surface area (Å²) in [6.45, 7) is 1.75. The molecule has 0 radical (unpaired) electrons. The number of aryl methyl sites for hydroxylation is 1. The molecule has 86 valence electrons. The Morgan fingerprint density at radius 1 is 1.44 bits per heavy atom. The topological polar surface area (TPSA) is 54.7 Å². The van der Waals surface area contributed by atoms with Crippen LogP contribution in [0.1, 0.15) is 17.8 Å². The molecule has 16 heavy (non-hydrogen) atoms. The number of alkyl halides is 2. The van der Waals surface area contributed by atoms with Crippen molar-refractivity contribution in [1.29, 1.82) is 0 Å². The molecular weight excluding hydrogens is 212 g/mol. The third-order valence-corrected chi connectivity index (χ3v) is 2.48. The maximum atomic E-state index is 13.6. The second-order valence-electron chi connectivity index (χ2n) is 3.80. The highest BCUT2D eigenvalue weighted by Gasteiger charge is 2.30. The smallest absolute Gasteiger partial charge is 0.274 e. The van der Waals surface area contributed by atoms with Gasteiger partial charge in [0.25, 0.3) is 5.92 Å². The number of imidazole rings is 1. The van der Waals surface area contributed by atoms with E-state index in [1.54, 1.807) is 13.0 Å². The average molecular weight is 225 g/mol. The van der Waals surface area contributed by atoms with Crippen molar-refractivity contribution >= 4 is 11.0 Å². The van der Waals surface area contributed by atoms with E-state index in [0.717, 1.165) is 0 Å². The Hall–Kier alpha value is -1.49.